The van der Waals surface area contributed by atoms with E-state index in [1.54, 1.807) is 0 Å². The Morgan fingerprint density at radius 3 is 1.58 bits per heavy atom. The quantitative estimate of drug-likeness (QED) is 0.807. The van der Waals surface area contributed by atoms with E-state index < -0.39 is 0 Å². The number of carbonyl (C=O) groups is 1. The van der Waals surface area contributed by atoms with Gasteiger partial charge in [-0.05, 0) is 10.8 Å². The molecule has 1 amide bonds. The third-order valence-electron chi connectivity index (χ3n) is 6.66. The summed E-state index contributed by atoms with van der Waals surface area (Å²) in [5.74, 6) is 0.316. The smallest absolute Gasteiger partial charge is 0.224 e. The molecule has 2 aliphatic rings. The molecular weight excluding hydrogens is 236 g/mol. The molecule has 0 heterocycles. The fourth-order valence-electron chi connectivity index (χ4n) is 4.63. The first-order valence-corrected chi connectivity index (χ1v) is 7.35. The molecule has 19 heavy (non-hydrogen) atoms. The van der Waals surface area contributed by atoms with E-state index in [1.165, 1.54) is 0 Å². The second-order valence-electron chi connectivity index (χ2n) is 8.94. The van der Waals surface area contributed by atoms with Gasteiger partial charge in [0.05, 0.1) is 0 Å². The summed E-state index contributed by atoms with van der Waals surface area (Å²) >= 11 is 0. The van der Waals surface area contributed by atoms with E-state index in [9.17, 15) is 4.79 Å². The van der Waals surface area contributed by atoms with E-state index in [2.05, 4.69) is 60.7 Å². The van der Waals surface area contributed by atoms with Gasteiger partial charge in [0.2, 0.25) is 5.91 Å². The van der Waals surface area contributed by atoms with Crippen molar-refractivity contribution < 1.29 is 4.79 Å². The van der Waals surface area contributed by atoms with Crippen LogP contribution >= 0.6 is 0 Å². The van der Waals surface area contributed by atoms with Gasteiger partial charge in [-0.15, -0.1) is 0 Å². The number of nitrogens with one attached hydrogen (secondary N) is 1. The summed E-state index contributed by atoms with van der Waals surface area (Å²) in [6.45, 7) is 17.3. The summed E-state index contributed by atoms with van der Waals surface area (Å²) in [6.07, 6.45) is 0. The summed E-state index contributed by atoms with van der Waals surface area (Å²) in [6, 6.07) is 0.292. The van der Waals surface area contributed by atoms with Gasteiger partial charge >= 0.3 is 0 Å². The Morgan fingerprint density at radius 2 is 1.26 bits per heavy atom. The maximum absolute atomic E-state index is 12.6. The first kappa shape index (κ1) is 14.8. The lowest BCUT2D eigenvalue weighted by Gasteiger charge is -2.63. The van der Waals surface area contributed by atoms with E-state index in [0.717, 1.165) is 0 Å². The molecule has 0 saturated heterocycles. The van der Waals surface area contributed by atoms with E-state index >= 15 is 0 Å². The fraction of sp³-hybridized carbons (Fsp3) is 0.938. The average molecular weight is 266 g/mol. The maximum atomic E-state index is 12.6. The third kappa shape index (κ3) is 1.63. The van der Waals surface area contributed by atoms with Crippen molar-refractivity contribution >= 4 is 5.91 Å². The Kier molecular flexibility index (Phi) is 2.77. The zero-order chi connectivity index (χ0) is 15.0. The van der Waals surface area contributed by atoms with E-state index in [1.807, 2.05) is 0 Å². The Balaban J connectivity index is 2.10. The number of amides is 1. The number of nitrogens with two attached hydrogens (primary N) is 1. The lowest BCUT2D eigenvalue weighted by Crippen LogP contribution is -2.76. The molecule has 0 bridgehead atoms. The first-order valence-electron chi connectivity index (χ1n) is 7.35. The van der Waals surface area contributed by atoms with Gasteiger partial charge in [0.1, 0.15) is 0 Å². The molecule has 0 atom stereocenters. The van der Waals surface area contributed by atoms with Crippen LogP contribution in [0.25, 0.3) is 0 Å². The summed E-state index contributed by atoms with van der Waals surface area (Å²) in [5, 5.41) is 3.28. The van der Waals surface area contributed by atoms with Gasteiger partial charge in [0.15, 0.2) is 0 Å². The molecule has 3 heteroatoms. The van der Waals surface area contributed by atoms with Crippen molar-refractivity contribution in [3.8, 4) is 0 Å². The monoisotopic (exact) mass is 266 g/mol. The van der Waals surface area contributed by atoms with Crippen molar-refractivity contribution in [3.05, 3.63) is 0 Å². The normalized spacial score (nSPS) is 37.3. The van der Waals surface area contributed by atoms with Gasteiger partial charge < -0.3 is 11.1 Å². The van der Waals surface area contributed by atoms with Gasteiger partial charge in [0.25, 0.3) is 0 Å². The van der Waals surface area contributed by atoms with Crippen LogP contribution in [0, 0.1) is 27.6 Å². The molecule has 2 fully saturated rings. The summed E-state index contributed by atoms with van der Waals surface area (Å²) in [7, 11) is 0. The van der Waals surface area contributed by atoms with Crippen LogP contribution in [0.15, 0.2) is 0 Å². The minimum atomic E-state index is -0.0255. The molecule has 0 aromatic rings. The van der Waals surface area contributed by atoms with Crippen LogP contribution in [0.3, 0.4) is 0 Å². The molecule has 0 aromatic carbocycles. The SMILES string of the molecule is CC1(C)C(N)C(C)(C)C1NC(=O)C1C(C)(C)C1(C)C. The van der Waals surface area contributed by atoms with Gasteiger partial charge in [-0.3, -0.25) is 4.79 Å². The van der Waals surface area contributed by atoms with Gasteiger partial charge in [-0.1, -0.05) is 55.4 Å². The van der Waals surface area contributed by atoms with Crippen molar-refractivity contribution in [3.63, 3.8) is 0 Å². The standard InChI is InChI=1S/C16H30N2O/c1-13(2)11(17)14(3,4)12(13)18-10(19)9-15(5,6)16(9,7)8/h9,11-12H,17H2,1-8H3,(H,18,19). The Hall–Kier alpha value is -0.570. The molecule has 0 radical (unpaired) electrons. The van der Waals surface area contributed by atoms with Crippen molar-refractivity contribution in [2.24, 2.45) is 33.3 Å². The Labute approximate surface area is 117 Å². The van der Waals surface area contributed by atoms with Crippen LogP contribution in [0.2, 0.25) is 0 Å². The molecule has 0 unspecified atom stereocenters. The van der Waals surface area contributed by atoms with Gasteiger partial charge in [-0.25, -0.2) is 0 Å². The Morgan fingerprint density at radius 1 is 0.895 bits per heavy atom. The molecule has 0 spiro atoms. The number of hydrogen-bond donors (Lipinski definition) is 2. The highest BCUT2D eigenvalue weighted by atomic mass is 16.2. The van der Waals surface area contributed by atoms with E-state index in [4.69, 9.17) is 5.73 Å². The lowest BCUT2D eigenvalue weighted by atomic mass is 9.48. The minimum absolute atomic E-state index is 0.0255. The predicted molar refractivity (Wildman–Crippen MR) is 78.5 cm³/mol. The summed E-state index contributed by atoms with van der Waals surface area (Å²) < 4.78 is 0. The molecular formula is C16H30N2O. The molecule has 110 valence electrons. The largest absolute Gasteiger partial charge is 0.352 e. The second kappa shape index (κ2) is 3.55. The highest BCUT2D eigenvalue weighted by molar-refractivity contribution is 5.84. The molecule has 2 rings (SSSR count). The number of hydrogen-bond acceptors (Lipinski definition) is 2. The van der Waals surface area contributed by atoms with Crippen molar-refractivity contribution in [2.45, 2.75) is 67.5 Å². The van der Waals surface area contributed by atoms with Crippen LogP contribution in [-0.4, -0.2) is 18.0 Å². The fourth-order valence-corrected chi connectivity index (χ4v) is 4.63. The number of rotatable bonds is 2. The van der Waals surface area contributed by atoms with Gasteiger partial charge in [-0.2, -0.15) is 0 Å². The minimum Gasteiger partial charge on any atom is -0.352 e. The van der Waals surface area contributed by atoms with Crippen LogP contribution in [0.1, 0.15) is 55.4 Å². The predicted octanol–water partition coefficient (Wildman–Crippen LogP) is 2.55. The summed E-state index contributed by atoms with van der Waals surface area (Å²) in [4.78, 5) is 12.6. The molecule has 2 aliphatic carbocycles. The van der Waals surface area contributed by atoms with Crippen molar-refractivity contribution in [1.82, 2.24) is 5.32 Å². The zero-order valence-electron chi connectivity index (χ0n) is 13.7. The van der Waals surface area contributed by atoms with Crippen molar-refractivity contribution in [1.29, 1.82) is 0 Å². The molecule has 2 saturated carbocycles. The zero-order valence-corrected chi connectivity index (χ0v) is 13.7. The average Bonchev–Trinajstić information content (AvgIpc) is 2.64. The highest BCUT2D eigenvalue weighted by Gasteiger charge is 2.69. The Bertz CT molecular complexity index is 390. The lowest BCUT2D eigenvalue weighted by molar-refractivity contribution is -0.134. The molecule has 0 aliphatic heterocycles. The number of carbonyl (C=O) groups excluding carboxylic acids is 1. The second-order valence-corrected chi connectivity index (χ2v) is 8.94. The summed E-state index contributed by atoms with van der Waals surface area (Å²) in [5.41, 5.74) is 6.39. The van der Waals surface area contributed by atoms with Gasteiger partial charge in [0, 0.05) is 28.8 Å². The third-order valence-corrected chi connectivity index (χ3v) is 6.66. The molecule has 3 nitrogen and oxygen atoms in total. The first-order chi connectivity index (χ1) is 8.29. The molecule has 3 N–H and O–H groups in total. The van der Waals surface area contributed by atoms with Crippen LogP contribution in [0.4, 0.5) is 0 Å². The topological polar surface area (TPSA) is 55.1 Å². The molecule has 0 aromatic heterocycles. The highest BCUT2D eigenvalue weighted by Crippen LogP contribution is 2.68. The van der Waals surface area contributed by atoms with Crippen LogP contribution < -0.4 is 11.1 Å². The van der Waals surface area contributed by atoms with E-state index in [-0.39, 0.29) is 45.6 Å². The van der Waals surface area contributed by atoms with Crippen molar-refractivity contribution in [2.75, 3.05) is 0 Å². The van der Waals surface area contributed by atoms with E-state index in [0.29, 0.717) is 0 Å². The van der Waals surface area contributed by atoms with Crippen LogP contribution in [0.5, 0.6) is 0 Å². The maximum Gasteiger partial charge on any atom is 0.224 e. The van der Waals surface area contributed by atoms with Crippen LogP contribution in [-0.2, 0) is 4.79 Å².